The van der Waals surface area contributed by atoms with Crippen LogP contribution >= 0.6 is 0 Å². The molecule has 0 aliphatic heterocycles. The number of hydrogen-bond acceptors (Lipinski definition) is 3. The molecular formula is C21H28N2O2. The van der Waals surface area contributed by atoms with Crippen LogP contribution in [0.1, 0.15) is 37.8 Å². The minimum absolute atomic E-state index is 0.0114. The van der Waals surface area contributed by atoms with Crippen LogP contribution < -0.4 is 10.1 Å². The largest absolute Gasteiger partial charge is 0.497 e. The molecule has 4 nitrogen and oxygen atoms in total. The SMILES string of the molecule is COc1cccc(CN(C)C(C)C(=O)Nc2ccc(C(C)C)cc2)c1. The standard InChI is InChI=1S/C21H28N2O2/c1-15(2)18-9-11-19(12-10-18)22-21(24)16(3)23(4)14-17-7-6-8-20(13-17)25-5/h6-13,15-16H,14H2,1-5H3,(H,22,24). The molecule has 0 heterocycles. The first-order valence-electron chi connectivity index (χ1n) is 8.64. The molecule has 0 radical (unpaired) electrons. The maximum absolute atomic E-state index is 12.5. The van der Waals surface area contributed by atoms with E-state index in [-0.39, 0.29) is 11.9 Å². The average molecular weight is 340 g/mol. The molecule has 25 heavy (non-hydrogen) atoms. The summed E-state index contributed by atoms with van der Waals surface area (Å²) in [5.41, 5.74) is 3.21. The maximum atomic E-state index is 12.5. The van der Waals surface area contributed by atoms with Crippen molar-refractivity contribution in [3.63, 3.8) is 0 Å². The van der Waals surface area contributed by atoms with Crippen LogP contribution in [0, 0.1) is 0 Å². The van der Waals surface area contributed by atoms with E-state index in [0.717, 1.165) is 17.0 Å². The minimum atomic E-state index is -0.240. The first-order valence-corrected chi connectivity index (χ1v) is 8.64. The summed E-state index contributed by atoms with van der Waals surface area (Å²) in [6.45, 7) is 6.91. The highest BCUT2D eigenvalue weighted by Crippen LogP contribution is 2.18. The molecule has 1 atom stereocenters. The molecule has 0 aliphatic rings. The number of nitrogens with zero attached hydrogens (tertiary/aromatic N) is 1. The Balaban J connectivity index is 1.95. The smallest absolute Gasteiger partial charge is 0.241 e. The first kappa shape index (κ1) is 19.0. The molecule has 134 valence electrons. The second kappa shape index (κ2) is 8.67. The van der Waals surface area contributed by atoms with Gasteiger partial charge in [0.1, 0.15) is 5.75 Å². The second-order valence-corrected chi connectivity index (χ2v) is 6.71. The number of nitrogens with one attached hydrogen (secondary N) is 1. The van der Waals surface area contributed by atoms with Crippen molar-refractivity contribution in [2.75, 3.05) is 19.5 Å². The lowest BCUT2D eigenvalue weighted by Crippen LogP contribution is -2.39. The van der Waals surface area contributed by atoms with E-state index in [2.05, 4.69) is 31.3 Å². The van der Waals surface area contributed by atoms with Crippen molar-refractivity contribution in [3.8, 4) is 5.75 Å². The molecule has 0 fully saturated rings. The molecule has 0 saturated carbocycles. The summed E-state index contributed by atoms with van der Waals surface area (Å²) in [6, 6.07) is 15.7. The molecule has 0 bridgehead atoms. The predicted molar refractivity (Wildman–Crippen MR) is 103 cm³/mol. The lowest BCUT2D eigenvalue weighted by atomic mass is 10.0. The highest BCUT2D eigenvalue weighted by molar-refractivity contribution is 5.94. The Morgan fingerprint density at radius 2 is 1.80 bits per heavy atom. The zero-order valence-corrected chi connectivity index (χ0v) is 15.7. The summed E-state index contributed by atoms with van der Waals surface area (Å²) in [7, 11) is 3.61. The van der Waals surface area contributed by atoms with Gasteiger partial charge < -0.3 is 10.1 Å². The van der Waals surface area contributed by atoms with Crippen molar-refractivity contribution in [1.82, 2.24) is 4.90 Å². The topological polar surface area (TPSA) is 41.6 Å². The Labute approximate surface area is 150 Å². The first-order chi connectivity index (χ1) is 11.9. The number of hydrogen-bond donors (Lipinski definition) is 1. The van der Waals surface area contributed by atoms with Gasteiger partial charge in [-0.2, -0.15) is 0 Å². The number of amides is 1. The predicted octanol–water partition coefficient (Wildman–Crippen LogP) is 4.28. The van der Waals surface area contributed by atoms with Crippen LogP contribution in [0.4, 0.5) is 5.69 Å². The minimum Gasteiger partial charge on any atom is -0.497 e. The lowest BCUT2D eigenvalue weighted by Gasteiger charge is -2.24. The molecule has 0 aliphatic carbocycles. The zero-order valence-electron chi connectivity index (χ0n) is 15.7. The summed E-state index contributed by atoms with van der Waals surface area (Å²) in [5, 5.41) is 2.99. The summed E-state index contributed by atoms with van der Waals surface area (Å²) in [6.07, 6.45) is 0. The van der Waals surface area contributed by atoms with Crippen molar-refractivity contribution in [2.45, 2.75) is 39.3 Å². The van der Waals surface area contributed by atoms with Crippen molar-refractivity contribution < 1.29 is 9.53 Å². The van der Waals surface area contributed by atoms with Crippen LogP contribution in [0.25, 0.3) is 0 Å². The van der Waals surface area contributed by atoms with Crippen LogP contribution in [0.2, 0.25) is 0 Å². The number of benzene rings is 2. The summed E-state index contributed by atoms with van der Waals surface area (Å²) >= 11 is 0. The molecule has 2 aromatic carbocycles. The fraction of sp³-hybridized carbons (Fsp3) is 0.381. The van der Waals surface area contributed by atoms with Gasteiger partial charge in [-0.05, 0) is 55.3 Å². The van der Waals surface area contributed by atoms with Crippen LogP contribution in [0.5, 0.6) is 5.75 Å². The van der Waals surface area contributed by atoms with E-state index >= 15 is 0 Å². The lowest BCUT2D eigenvalue weighted by molar-refractivity contribution is -0.120. The van der Waals surface area contributed by atoms with Crippen molar-refractivity contribution in [1.29, 1.82) is 0 Å². The molecule has 0 aromatic heterocycles. The van der Waals surface area contributed by atoms with Crippen LogP contribution in [0.15, 0.2) is 48.5 Å². The van der Waals surface area contributed by atoms with E-state index < -0.39 is 0 Å². The van der Waals surface area contributed by atoms with Gasteiger partial charge in [0, 0.05) is 12.2 Å². The number of ether oxygens (including phenoxy) is 1. The number of methoxy groups -OCH3 is 1. The van der Waals surface area contributed by atoms with Gasteiger partial charge in [0.05, 0.1) is 13.2 Å². The molecule has 2 rings (SSSR count). The van der Waals surface area contributed by atoms with Gasteiger partial charge in [0.15, 0.2) is 0 Å². The van der Waals surface area contributed by atoms with Crippen LogP contribution in [0.3, 0.4) is 0 Å². The number of rotatable bonds is 7. The fourth-order valence-electron chi connectivity index (χ4n) is 2.59. The zero-order chi connectivity index (χ0) is 18.4. The van der Waals surface area contributed by atoms with Gasteiger partial charge in [-0.15, -0.1) is 0 Å². The molecule has 0 saturated heterocycles. The third-order valence-corrected chi connectivity index (χ3v) is 4.45. The Morgan fingerprint density at radius 1 is 1.12 bits per heavy atom. The number of carbonyl (C=O) groups is 1. The van der Waals surface area contributed by atoms with E-state index in [0.29, 0.717) is 12.5 Å². The van der Waals surface area contributed by atoms with E-state index in [1.807, 2.05) is 55.3 Å². The molecular weight excluding hydrogens is 312 g/mol. The third-order valence-electron chi connectivity index (χ3n) is 4.45. The average Bonchev–Trinajstić information content (AvgIpc) is 2.61. The number of carbonyl (C=O) groups excluding carboxylic acids is 1. The Morgan fingerprint density at radius 3 is 2.40 bits per heavy atom. The Kier molecular flexibility index (Phi) is 6.59. The normalized spacial score (nSPS) is 12.3. The van der Waals surface area contributed by atoms with Gasteiger partial charge in [0.2, 0.25) is 5.91 Å². The van der Waals surface area contributed by atoms with Gasteiger partial charge in [-0.25, -0.2) is 0 Å². The summed E-state index contributed by atoms with van der Waals surface area (Å²) < 4.78 is 5.25. The highest BCUT2D eigenvalue weighted by atomic mass is 16.5. The second-order valence-electron chi connectivity index (χ2n) is 6.71. The highest BCUT2D eigenvalue weighted by Gasteiger charge is 2.18. The van der Waals surface area contributed by atoms with E-state index in [4.69, 9.17) is 4.74 Å². The maximum Gasteiger partial charge on any atom is 0.241 e. The van der Waals surface area contributed by atoms with Gasteiger partial charge in [-0.1, -0.05) is 38.1 Å². The molecule has 1 N–H and O–H groups in total. The molecule has 2 aromatic rings. The molecule has 1 amide bonds. The van der Waals surface area contributed by atoms with Crippen molar-refractivity contribution >= 4 is 11.6 Å². The quantitative estimate of drug-likeness (QED) is 0.818. The third kappa shape index (κ3) is 5.33. The summed E-state index contributed by atoms with van der Waals surface area (Å²) in [5.74, 6) is 1.30. The van der Waals surface area contributed by atoms with E-state index in [1.165, 1.54) is 5.56 Å². The van der Waals surface area contributed by atoms with Gasteiger partial charge >= 0.3 is 0 Å². The Bertz CT molecular complexity index is 695. The fourth-order valence-corrected chi connectivity index (χ4v) is 2.59. The van der Waals surface area contributed by atoms with E-state index in [1.54, 1.807) is 7.11 Å². The molecule has 4 heteroatoms. The monoisotopic (exact) mass is 340 g/mol. The molecule has 0 spiro atoms. The van der Waals surface area contributed by atoms with Crippen LogP contribution in [-0.2, 0) is 11.3 Å². The van der Waals surface area contributed by atoms with Crippen molar-refractivity contribution in [3.05, 3.63) is 59.7 Å². The summed E-state index contributed by atoms with van der Waals surface area (Å²) in [4.78, 5) is 14.5. The molecule has 1 unspecified atom stereocenters. The van der Waals surface area contributed by atoms with E-state index in [9.17, 15) is 4.79 Å². The van der Waals surface area contributed by atoms with Gasteiger partial charge in [-0.3, -0.25) is 9.69 Å². The number of likely N-dealkylation sites (N-methyl/N-ethyl adjacent to an activating group) is 1. The number of anilines is 1. The van der Waals surface area contributed by atoms with Crippen molar-refractivity contribution in [2.24, 2.45) is 0 Å². The van der Waals surface area contributed by atoms with Gasteiger partial charge in [0.25, 0.3) is 0 Å². The Hall–Kier alpha value is -2.33. The van der Waals surface area contributed by atoms with Crippen LogP contribution in [-0.4, -0.2) is 31.0 Å².